The van der Waals surface area contributed by atoms with Crippen LogP contribution in [0.4, 0.5) is 11.6 Å². The molecule has 2 aliphatic rings. The second-order valence-electron chi connectivity index (χ2n) is 5.84. The molecule has 122 valence electrons. The molecule has 2 fully saturated rings. The highest BCUT2D eigenvalue weighted by Gasteiger charge is 2.35. The fraction of sp³-hybridized carbons (Fsp3) is 0.750. The van der Waals surface area contributed by atoms with E-state index in [-0.39, 0.29) is 23.4 Å². The van der Waals surface area contributed by atoms with E-state index in [0.717, 1.165) is 0 Å². The lowest BCUT2D eigenvalue weighted by molar-refractivity contribution is -0.388. The summed E-state index contributed by atoms with van der Waals surface area (Å²) >= 11 is 0. The molecule has 2 aliphatic heterocycles. The van der Waals surface area contributed by atoms with Crippen LogP contribution in [0.3, 0.4) is 0 Å². The summed E-state index contributed by atoms with van der Waals surface area (Å²) in [7, 11) is -1.14. The Morgan fingerprint density at radius 2 is 2.00 bits per heavy atom. The minimum absolute atomic E-state index is 0.0914. The van der Waals surface area contributed by atoms with Gasteiger partial charge in [-0.3, -0.25) is 9.47 Å². The van der Waals surface area contributed by atoms with Crippen molar-refractivity contribution in [1.29, 1.82) is 0 Å². The quantitative estimate of drug-likeness (QED) is 0.551. The van der Waals surface area contributed by atoms with Gasteiger partial charge >= 0.3 is 5.82 Å². The van der Waals surface area contributed by atoms with Gasteiger partial charge in [-0.05, 0) is 16.3 Å². The number of aromatic nitrogens is 2. The zero-order valence-corrected chi connectivity index (χ0v) is 13.2. The van der Waals surface area contributed by atoms with E-state index in [1.54, 1.807) is 11.6 Å². The van der Waals surface area contributed by atoms with Gasteiger partial charge in [0.1, 0.15) is 0 Å². The van der Waals surface area contributed by atoms with E-state index in [4.69, 9.17) is 0 Å². The normalized spacial score (nSPS) is 25.5. The van der Waals surface area contributed by atoms with Crippen molar-refractivity contribution in [1.82, 2.24) is 14.5 Å². The molecule has 10 heteroatoms. The predicted octanol–water partition coefficient (Wildman–Crippen LogP) is -0.363. The molecule has 0 saturated carbocycles. The van der Waals surface area contributed by atoms with Gasteiger partial charge in [-0.1, -0.05) is 0 Å². The Balaban J connectivity index is 1.68. The Hall–Kier alpha value is -1.68. The Bertz CT molecular complexity index is 678. The van der Waals surface area contributed by atoms with Crippen molar-refractivity contribution in [3.8, 4) is 0 Å². The number of nitro groups is 1. The van der Waals surface area contributed by atoms with Gasteiger partial charge in [0.25, 0.3) is 0 Å². The predicted molar refractivity (Wildman–Crippen MR) is 80.7 cm³/mol. The molecule has 9 nitrogen and oxygen atoms in total. The fourth-order valence-corrected chi connectivity index (χ4v) is 5.03. The molecule has 1 aromatic heterocycles. The topological polar surface area (TPSA) is 102 Å². The average molecular weight is 329 g/mol. The number of imidazole rings is 1. The monoisotopic (exact) mass is 329 g/mol. The first kappa shape index (κ1) is 15.2. The summed E-state index contributed by atoms with van der Waals surface area (Å²) in [6, 6.07) is 0.0914. The molecule has 0 amide bonds. The largest absolute Gasteiger partial charge is 0.406 e. The van der Waals surface area contributed by atoms with Gasteiger partial charge in [0.05, 0.1) is 11.5 Å². The van der Waals surface area contributed by atoms with E-state index >= 15 is 0 Å². The molecule has 2 saturated heterocycles. The van der Waals surface area contributed by atoms with Crippen molar-refractivity contribution in [2.24, 2.45) is 7.05 Å². The fourth-order valence-electron chi connectivity index (χ4n) is 3.27. The van der Waals surface area contributed by atoms with Crippen LogP contribution in [0, 0.1) is 10.1 Å². The molecule has 1 atom stereocenters. The first-order valence-electron chi connectivity index (χ1n) is 7.22. The van der Waals surface area contributed by atoms with Crippen LogP contribution in [0.2, 0.25) is 0 Å². The first-order chi connectivity index (χ1) is 10.4. The Kier molecular flexibility index (Phi) is 3.81. The van der Waals surface area contributed by atoms with Crippen LogP contribution >= 0.6 is 0 Å². The summed E-state index contributed by atoms with van der Waals surface area (Å²) in [5.74, 6) is 0.896. The van der Waals surface area contributed by atoms with E-state index in [9.17, 15) is 18.5 Å². The summed E-state index contributed by atoms with van der Waals surface area (Å²) in [6.45, 7) is 2.69. The highest BCUT2D eigenvalue weighted by Crippen LogP contribution is 2.28. The van der Waals surface area contributed by atoms with Crippen molar-refractivity contribution < 1.29 is 13.3 Å². The SMILES string of the molecule is Cn1cnc([N+](=O)[O-])c1N1CCN(C2CCS(=O)(=O)C2)CC1. The Morgan fingerprint density at radius 1 is 1.32 bits per heavy atom. The number of anilines is 1. The minimum atomic E-state index is -2.88. The molecule has 0 aromatic carbocycles. The van der Waals surface area contributed by atoms with Crippen LogP contribution < -0.4 is 4.90 Å². The van der Waals surface area contributed by atoms with E-state index in [0.29, 0.717) is 38.4 Å². The van der Waals surface area contributed by atoms with Gasteiger partial charge in [0, 0.05) is 39.3 Å². The van der Waals surface area contributed by atoms with Crippen molar-refractivity contribution in [2.75, 3.05) is 42.6 Å². The van der Waals surface area contributed by atoms with E-state index < -0.39 is 14.8 Å². The maximum atomic E-state index is 11.6. The summed E-state index contributed by atoms with van der Waals surface area (Å²) in [5, 5.41) is 11.0. The third-order valence-corrected chi connectivity index (χ3v) is 6.15. The molecular weight excluding hydrogens is 310 g/mol. The third-order valence-electron chi connectivity index (χ3n) is 4.40. The smallest absolute Gasteiger partial charge is 0.358 e. The molecule has 0 spiro atoms. The van der Waals surface area contributed by atoms with Crippen LogP contribution in [-0.4, -0.2) is 71.5 Å². The third kappa shape index (κ3) is 2.80. The standard InChI is InChI=1S/C12H19N5O4S/c1-14-9-13-11(17(18)19)12(14)16-5-3-15(4-6-16)10-2-7-22(20,21)8-10/h9-10H,2-8H2,1H3. The van der Waals surface area contributed by atoms with E-state index in [2.05, 4.69) is 9.88 Å². The number of sulfone groups is 1. The van der Waals surface area contributed by atoms with Gasteiger partial charge in [-0.2, -0.15) is 0 Å². The van der Waals surface area contributed by atoms with Gasteiger partial charge in [0.2, 0.25) is 12.1 Å². The highest BCUT2D eigenvalue weighted by molar-refractivity contribution is 7.91. The van der Waals surface area contributed by atoms with E-state index in [1.165, 1.54) is 6.33 Å². The molecule has 0 radical (unpaired) electrons. The lowest BCUT2D eigenvalue weighted by Gasteiger charge is -2.38. The van der Waals surface area contributed by atoms with Crippen LogP contribution in [0.25, 0.3) is 0 Å². The molecular formula is C12H19N5O4S. The van der Waals surface area contributed by atoms with Gasteiger partial charge < -0.3 is 15.0 Å². The lowest BCUT2D eigenvalue weighted by Crippen LogP contribution is -2.51. The highest BCUT2D eigenvalue weighted by atomic mass is 32.2. The van der Waals surface area contributed by atoms with Gasteiger partial charge in [-0.15, -0.1) is 0 Å². The summed E-state index contributed by atoms with van der Waals surface area (Å²) in [5.41, 5.74) is 0. The summed E-state index contributed by atoms with van der Waals surface area (Å²) in [4.78, 5) is 18.6. The second-order valence-corrected chi connectivity index (χ2v) is 8.07. The molecule has 0 N–H and O–H groups in total. The number of rotatable bonds is 3. The molecule has 1 unspecified atom stereocenters. The van der Waals surface area contributed by atoms with Crippen molar-refractivity contribution in [3.63, 3.8) is 0 Å². The number of aryl methyl sites for hydroxylation is 1. The maximum Gasteiger partial charge on any atom is 0.406 e. The van der Waals surface area contributed by atoms with Crippen LogP contribution in [0.5, 0.6) is 0 Å². The zero-order chi connectivity index (χ0) is 15.9. The Labute approximate surface area is 128 Å². The number of nitrogens with zero attached hydrogens (tertiary/aromatic N) is 5. The van der Waals surface area contributed by atoms with Gasteiger partial charge in [0.15, 0.2) is 9.84 Å². The zero-order valence-electron chi connectivity index (χ0n) is 12.4. The maximum absolute atomic E-state index is 11.6. The van der Waals surface area contributed by atoms with Crippen molar-refractivity contribution >= 4 is 21.5 Å². The minimum Gasteiger partial charge on any atom is -0.358 e. The molecule has 1 aromatic rings. The van der Waals surface area contributed by atoms with E-state index in [1.807, 2.05) is 4.90 Å². The summed E-state index contributed by atoms with van der Waals surface area (Å²) < 4.78 is 24.8. The number of hydrogen-bond acceptors (Lipinski definition) is 7. The van der Waals surface area contributed by atoms with Crippen LogP contribution in [-0.2, 0) is 16.9 Å². The summed E-state index contributed by atoms with van der Waals surface area (Å²) in [6.07, 6.45) is 2.14. The lowest BCUT2D eigenvalue weighted by atomic mass is 10.2. The van der Waals surface area contributed by atoms with Crippen molar-refractivity contribution in [3.05, 3.63) is 16.4 Å². The van der Waals surface area contributed by atoms with Crippen LogP contribution in [0.1, 0.15) is 6.42 Å². The molecule has 0 bridgehead atoms. The molecule has 0 aliphatic carbocycles. The average Bonchev–Trinajstić information content (AvgIpc) is 3.02. The molecule has 3 heterocycles. The van der Waals surface area contributed by atoms with Gasteiger partial charge in [-0.25, -0.2) is 8.42 Å². The molecule has 22 heavy (non-hydrogen) atoms. The molecule has 3 rings (SSSR count). The first-order valence-corrected chi connectivity index (χ1v) is 9.04. The second kappa shape index (κ2) is 5.51. The Morgan fingerprint density at radius 3 is 2.55 bits per heavy atom. The van der Waals surface area contributed by atoms with Crippen LogP contribution in [0.15, 0.2) is 6.33 Å². The number of hydrogen-bond donors (Lipinski definition) is 0. The number of piperazine rings is 1. The van der Waals surface area contributed by atoms with Crippen molar-refractivity contribution in [2.45, 2.75) is 12.5 Å².